The highest BCUT2D eigenvalue weighted by atomic mass is 16.2. The molecule has 4 rings (SSSR count). The minimum atomic E-state index is -0.499. The zero-order valence-electron chi connectivity index (χ0n) is 15.6. The van der Waals surface area contributed by atoms with Crippen molar-refractivity contribution in [2.24, 2.45) is 5.92 Å². The monoisotopic (exact) mass is 366 g/mol. The lowest BCUT2D eigenvalue weighted by Gasteiger charge is -2.37. The van der Waals surface area contributed by atoms with E-state index in [4.69, 9.17) is 0 Å². The summed E-state index contributed by atoms with van der Waals surface area (Å²) in [5.74, 6) is 0.450. The summed E-state index contributed by atoms with van der Waals surface area (Å²) in [6.07, 6.45) is 4.10. The zero-order valence-corrected chi connectivity index (χ0v) is 15.6. The Hall–Kier alpha value is -2.55. The highest BCUT2D eigenvalue weighted by Crippen LogP contribution is 2.35. The maximum absolute atomic E-state index is 12.5. The van der Waals surface area contributed by atoms with Crippen molar-refractivity contribution in [3.63, 3.8) is 0 Å². The fourth-order valence-electron chi connectivity index (χ4n) is 4.34. The Bertz CT molecular complexity index is 745. The highest BCUT2D eigenvalue weighted by Gasteiger charge is 2.40. The number of amides is 3. The lowest BCUT2D eigenvalue weighted by atomic mass is 9.74. The van der Waals surface area contributed by atoms with Gasteiger partial charge in [-0.1, -0.05) is 30.3 Å². The topological polar surface area (TPSA) is 76.4 Å². The van der Waals surface area contributed by atoms with E-state index in [1.54, 1.807) is 4.90 Å². The van der Waals surface area contributed by atoms with E-state index in [9.17, 15) is 14.9 Å². The van der Waals surface area contributed by atoms with Crippen molar-refractivity contribution in [1.29, 1.82) is 5.26 Å². The Kier molecular flexibility index (Phi) is 4.77. The molecule has 0 radical (unpaired) electrons. The predicted molar refractivity (Wildman–Crippen MR) is 101 cm³/mol. The highest BCUT2D eigenvalue weighted by molar-refractivity contribution is 5.79. The minimum absolute atomic E-state index is 0.0769. The van der Waals surface area contributed by atoms with Crippen molar-refractivity contribution < 1.29 is 9.59 Å². The van der Waals surface area contributed by atoms with Crippen LogP contribution >= 0.6 is 0 Å². The van der Waals surface area contributed by atoms with Crippen molar-refractivity contribution in [2.75, 3.05) is 26.2 Å². The van der Waals surface area contributed by atoms with Gasteiger partial charge in [0.1, 0.15) is 0 Å². The van der Waals surface area contributed by atoms with Gasteiger partial charge in [-0.2, -0.15) is 5.26 Å². The number of urea groups is 1. The van der Waals surface area contributed by atoms with E-state index in [1.165, 1.54) is 0 Å². The van der Waals surface area contributed by atoms with Crippen molar-refractivity contribution in [3.8, 4) is 6.07 Å². The summed E-state index contributed by atoms with van der Waals surface area (Å²) in [5, 5.41) is 12.8. The van der Waals surface area contributed by atoms with Crippen LogP contribution in [0.2, 0.25) is 0 Å². The molecule has 1 aromatic carbocycles. The van der Waals surface area contributed by atoms with Crippen LogP contribution in [0, 0.1) is 17.2 Å². The number of hydrogen-bond acceptors (Lipinski definition) is 3. The van der Waals surface area contributed by atoms with Gasteiger partial charge in [0.05, 0.1) is 11.5 Å². The number of likely N-dealkylation sites (tertiary alicyclic amines) is 2. The molecule has 1 N–H and O–H groups in total. The predicted octanol–water partition coefficient (Wildman–Crippen LogP) is 2.26. The number of nitrogens with one attached hydrogen (secondary N) is 1. The molecule has 3 fully saturated rings. The van der Waals surface area contributed by atoms with Gasteiger partial charge >= 0.3 is 6.03 Å². The number of benzene rings is 1. The first-order chi connectivity index (χ1) is 13.1. The van der Waals surface area contributed by atoms with Crippen LogP contribution in [0.15, 0.2) is 30.3 Å². The number of carbonyl (C=O) groups excluding carboxylic acids is 2. The number of nitrogens with zero attached hydrogens (tertiary/aromatic N) is 3. The van der Waals surface area contributed by atoms with Crippen LogP contribution in [0.25, 0.3) is 0 Å². The van der Waals surface area contributed by atoms with Gasteiger partial charge in [0, 0.05) is 44.6 Å². The number of piperidine rings is 1. The van der Waals surface area contributed by atoms with Gasteiger partial charge in [-0.05, 0) is 31.2 Å². The largest absolute Gasteiger partial charge is 0.339 e. The minimum Gasteiger partial charge on any atom is -0.339 e. The molecular formula is C21H26N4O2. The van der Waals surface area contributed by atoms with Crippen LogP contribution in [0.1, 0.15) is 37.7 Å². The molecule has 6 heteroatoms. The SMILES string of the molecule is N#CC1(c2ccccc2)CCN(C(=O)NC[C@@H]2CC(=O)N(C3CC3)C2)CC1. The number of rotatable bonds is 4. The molecule has 0 aromatic heterocycles. The molecule has 3 amide bonds. The molecule has 3 aliphatic rings. The van der Waals surface area contributed by atoms with E-state index >= 15 is 0 Å². The van der Waals surface area contributed by atoms with Gasteiger partial charge < -0.3 is 15.1 Å². The smallest absolute Gasteiger partial charge is 0.317 e. The summed E-state index contributed by atoms with van der Waals surface area (Å²) in [6, 6.07) is 12.7. The van der Waals surface area contributed by atoms with Gasteiger partial charge in [0.15, 0.2) is 0 Å². The zero-order chi connectivity index (χ0) is 18.9. The average Bonchev–Trinajstić information content (AvgIpc) is 3.49. The Morgan fingerprint density at radius 2 is 1.93 bits per heavy atom. The fourth-order valence-corrected chi connectivity index (χ4v) is 4.34. The molecule has 0 bridgehead atoms. The molecule has 0 unspecified atom stereocenters. The molecule has 1 saturated carbocycles. The second-order valence-electron chi connectivity index (χ2n) is 8.08. The van der Waals surface area contributed by atoms with E-state index in [-0.39, 0.29) is 17.9 Å². The summed E-state index contributed by atoms with van der Waals surface area (Å²) in [6.45, 7) is 2.47. The standard InChI is InChI=1S/C21H26N4O2/c22-15-21(17-4-2-1-3-5-17)8-10-24(11-9-21)20(27)23-13-16-12-19(26)25(14-16)18-6-7-18/h1-5,16,18H,6-14H2,(H,23,27)/t16-/m0/s1. The van der Waals surface area contributed by atoms with Crippen LogP contribution in [-0.2, 0) is 10.2 Å². The first kappa shape index (κ1) is 17.8. The normalized spacial score (nSPS) is 24.6. The van der Waals surface area contributed by atoms with Crippen molar-refractivity contribution >= 4 is 11.9 Å². The summed E-state index contributed by atoms with van der Waals surface area (Å²) in [4.78, 5) is 28.3. The molecule has 1 aromatic rings. The third kappa shape index (κ3) is 3.64. The molecule has 1 atom stereocenters. The number of hydrogen-bond donors (Lipinski definition) is 1. The Balaban J connectivity index is 1.28. The van der Waals surface area contributed by atoms with Crippen LogP contribution in [-0.4, -0.2) is 54.0 Å². The van der Waals surface area contributed by atoms with Gasteiger partial charge in [-0.3, -0.25) is 4.79 Å². The van der Waals surface area contributed by atoms with Crippen LogP contribution < -0.4 is 5.32 Å². The number of nitriles is 1. The molecule has 6 nitrogen and oxygen atoms in total. The first-order valence-electron chi connectivity index (χ1n) is 9.90. The van der Waals surface area contributed by atoms with Gasteiger partial charge in [0.2, 0.25) is 5.91 Å². The lowest BCUT2D eigenvalue weighted by Crippen LogP contribution is -2.49. The first-order valence-corrected chi connectivity index (χ1v) is 9.90. The lowest BCUT2D eigenvalue weighted by molar-refractivity contribution is -0.128. The van der Waals surface area contributed by atoms with Crippen molar-refractivity contribution in [1.82, 2.24) is 15.1 Å². The van der Waals surface area contributed by atoms with Crippen LogP contribution in [0.3, 0.4) is 0 Å². The molecule has 2 saturated heterocycles. The van der Waals surface area contributed by atoms with Gasteiger partial charge in [-0.15, -0.1) is 0 Å². The summed E-state index contributed by atoms with van der Waals surface area (Å²) < 4.78 is 0. The second-order valence-corrected chi connectivity index (χ2v) is 8.08. The van der Waals surface area contributed by atoms with E-state index < -0.39 is 5.41 Å². The molecule has 142 valence electrons. The molecule has 2 aliphatic heterocycles. The van der Waals surface area contributed by atoms with Crippen molar-refractivity contribution in [3.05, 3.63) is 35.9 Å². The van der Waals surface area contributed by atoms with Crippen LogP contribution in [0.4, 0.5) is 4.79 Å². The molecule has 27 heavy (non-hydrogen) atoms. The molecule has 0 spiro atoms. The maximum Gasteiger partial charge on any atom is 0.317 e. The van der Waals surface area contributed by atoms with Crippen LogP contribution in [0.5, 0.6) is 0 Å². The van der Waals surface area contributed by atoms with Gasteiger partial charge in [-0.25, -0.2) is 4.79 Å². The van der Waals surface area contributed by atoms with E-state index in [2.05, 4.69) is 11.4 Å². The number of carbonyl (C=O) groups is 2. The maximum atomic E-state index is 12.5. The summed E-state index contributed by atoms with van der Waals surface area (Å²) >= 11 is 0. The summed E-state index contributed by atoms with van der Waals surface area (Å²) in [5.41, 5.74) is 0.540. The fraction of sp³-hybridized carbons (Fsp3) is 0.571. The quantitative estimate of drug-likeness (QED) is 0.888. The van der Waals surface area contributed by atoms with E-state index in [0.29, 0.717) is 44.9 Å². The Morgan fingerprint density at radius 3 is 2.56 bits per heavy atom. The third-order valence-corrected chi connectivity index (χ3v) is 6.21. The summed E-state index contributed by atoms with van der Waals surface area (Å²) in [7, 11) is 0. The third-order valence-electron chi connectivity index (χ3n) is 6.21. The van der Waals surface area contributed by atoms with Gasteiger partial charge in [0.25, 0.3) is 0 Å². The molecule has 2 heterocycles. The Labute approximate surface area is 160 Å². The average molecular weight is 366 g/mol. The molecular weight excluding hydrogens is 340 g/mol. The second kappa shape index (κ2) is 7.22. The van der Waals surface area contributed by atoms with Crippen molar-refractivity contribution in [2.45, 2.75) is 43.6 Å². The van der Waals surface area contributed by atoms with E-state index in [1.807, 2.05) is 35.2 Å². The Morgan fingerprint density at radius 1 is 1.22 bits per heavy atom. The molecule has 1 aliphatic carbocycles. The van der Waals surface area contributed by atoms with E-state index in [0.717, 1.165) is 24.9 Å².